The first-order valence-corrected chi connectivity index (χ1v) is 6.60. The molecule has 0 fully saturated rings. The van der Waals surface area contributed by atoms with Gasteiger partial charge in [0.15, 0.2) is 0 Å². The van der Waals surface area contributed by atoms with Gasteiger partial charge in [0.25, 0.3) is 5.69 Å². The van der Waals surface area contributed by atoms with Crippen molar-refractivity contribution in [2.24, 2.45) is 5.10 Å². The zero-order chi connectivity index (χ0) is 13.0. The van der Waals surface area contributed by atoms with Crippen molar-refractivity contribution in [3.63, 3.8) is 0 Å². The third-order valence-electron chi connectivity index (χ3n) is 2.03. The van der Waals surface area contributed by atoms with Crippen LogP contribution in [-0.2, 0) is 0 Å². The number of anilines is 1. The number of hydrazone groups is 1. The summed E-state index contributed by atoms with van der Waals surface area (Å²) in [5.41, 5.74) is 3.37. The number of hydrogen-bond acceptors (Lipinski definition) is 5. The van der Waals surface area contributed by atoms with E-state index in [9.17, 15) is 10.1 Å². The van der Waals surface area contributed by atoms with Crippen LogP contribution in [0.1, 0.15) is 4.88 Å². The SMILES string of the molecule is O=[N+]([O-])c1cccc(N/N=C\c2cc(Br)cs2)c1. The third kappa shape index (κ3) is 3.38. The molecule has 7 heteroatoms. The van der Waals surface area contributed by atoms with Crippen LogP contribution < -0.4 is 5.43 Å². The highest BCUT2D eigenvalue weighted by molar-refractivity contribution is 9.10. The lowest BCUT2D eigenvalue weighted by Crippen LogP contribution is -1.92. The molecule has 0 bridgehead atoms. The van der Waals surface area contributed by atoms with Gasteiger partial charge in [-0.05, 0) is 28.1 Å². The van der Waals surface area contributed by atoms with Crippen molar-refractivity contribution in [3.05, 3.63) is 55.2 Å². The molecule has 0 unspecified atom stereocenters. The maximum atomic E-state index is 10.6. The minimum absolute atomic E-state index is 0.0362. The van der Waals surface area contributed by atoms with E-state index >= 15 is 0 Å². The quantitative estimate of drug-likeness (QED) is 0.527. The van der Waals surface area contributed by atoms with E-state index < -0.39 is 4.92 Å². The molecular formula is C11H8BrN3O2S. The molecule has 92 valence electrons. The van der Waals surface area contributed by atoms with Crippen LogP contribution in [0.5, 0.6) is 0 Å². The Bertz CT molecular complexity index is 597. The highest BCUT2D eigenvalue weighted by atomic mass is 79.9. The first kappa shape index (κ1) is 12.7. The summed E-state index contributed by atoms with van der Waals surface area (Å²) in [6.45, 7) is 0. The predicted octanol–water partition coefficient (Wildman–Crippen LogP) is 3.86. The van der Waals surface area contributed by atoms with Crippen LogP contribution in [0.25, 0.3) is 0 Å². The zero-order valence-corrected chi connectivity index (χ0v) is 11.4. The molecule has 5 nitrogen and oxygen atoms in total. The van der Waals surface area contributed by atoms with Gasteiger partial charge in [-0.25, -0.2) is 0 Å². The van der Waals surface area contributed by atoms with E-state index in [0.29, 0.717) is 5.69 Å². The molecule has 0 amide bonds. The Morgan fingerprint density at radius 3 is 2.94 bits per heavy atom. The Kier molecular flexibility index (Phi) is 4.06. The van der Waals surface area contributed by atoms with Crippen LogP contribution in [0.15, 0.2) is 45.3 Å². The van der Waals surface area contributed by atoms with Crippen LogP contribution in [0.2, 0.25) is 0 Å². The van der Waals surface area contributed by atoms with Crippen LogP contribution in [0, 0.1) is 10.1 Å². The fourth-order valence-electron chi connectivity index (χ4n) is 1.26. The molecule has 0 saturated carbocycles. The molecule has 0 spiro atoms. The second kappa shape index (κ2) is 5.74. The van der Waals surface area contributed by atoms with E-state index in [1.165, 1.54) is 12.1 Å². The molecule has 1 aromatic carbocycles. The maximum Gasteiger partial charge on any atom is 0.271 e. The number of nitro groups is 1. The van der Waals surface area contributed by atoms with Crippen molar-refractivity contribution in [1.29, 1.82) is 0 Å². The Hall–Kier alpha value is -1.73. The van der Waals surface area contributed by atoms with E-state index in [2.05, 4.69) is 26.5 Å². The first-order chi connectivity index (χ1) is 8.65. The van der Waals surface area contributed by atoms with Crippen molar-refractivity contribution >= 4 is 44.9 Å². The number of rotatable bonds is 4. The number of nitro benzene ring substituents is 1. The topological polar surface area (TPSA) is 67.5 Å². The van der Waals surface area contributed by atoms with Gasteiger partial charge in [-0.1, -0.05) is 6.07 Å². The smallest absolute Gasteiger partial charge is 0.271 e. The molecule has 0 aliphatic rings. The maximum absolute atomic E-state index is 10.6. The molecule has 0 aliphatic carbocycles. The molecule has 18 heavy (non-hydrogen) atoms. The van der Waals surface area contributed by atoms with Gasteiger partial charge in [0.1, 0.15) is 0 Å². The number of thiophene rings is 1. The van der Waals surface area contributed by atoms with Gasteiger partial charge in [-0.3, -0.25) is 15.5 Å². The fourth-order valence-corrected chi connectivity index (χ4v) is 2.56. The van der Waals surface area contributed by atoms with Gasteiger partial charge in [0.05, 0.1) is 16.8 Å². The summed E-state index contributed by atoms with van der Waals surface area (Å²) < 4.78 is 1.00. The van der Waals surface area contributed by atoms with Crippen LogP contribution >= 0.6 is 27.3 Å². The number of nitrogens with one attached hydrogen (secondary N) is 1. The first-order valence-electron chi connectivity index (χ1n) is 4.93. The van der Waals surface area contributed by atoms with E-state index in [0.717, 1.165) is 9.35 Å². The normalized spacial score (nSPS) is 10.7. The van der Waals surface area contributed by atoms with Gasteiger partial charge < -0.3 is 0 Å². The van der Waals surface area contributed by atoms with Crippen molar-refractivity contribution in [2.75, 3.05) is 5.43 Å². The fraction of sp³-hybridized carbons (Fsp3) is 0. The van der Waals surface area contributed by atoms with E-state index in [-0.39, 0.29) is 5.69 Å². The number of nitrogens with zero attached hydrogens (tertiary/aromatic N) is 2. The average Bonchev–Trinajstić information content (AvgIpc) is 2.75. The lowest BCUT2D eigenvalue weighted by Gasteiger charge is -1.98. The van der Waals surface area contributed by atoms with Gasteiger partial charge in [0.2, 0.25) is 0 Å². The van der Waals surface area contributed by atoms with E-state index in [1.54, 1.807) is 29.7 Å². The number of hydrogen-bond donors (Lipinski definition) is 1. The summed E-state index contributed by atoms with van der Waals surface area (Å²) in [6.07, 6.45) is 1.66. The highest BCUT2D eigenvalue weighted by Crippen LogP contribution is 2.19. The lowest BCUT2D eigenvalue weighted by atomic mass is 10.3. The van der Waals surface area contributed by atoms with Gasteiger partial charge in [0, 0.05) is 26.9 Å². The number of benzene rings is 1. The average molecular weight is 326 g/mol. The van der Waals surface area contributed by atoms with Crippen molar-refractivity contribution in [2.45, 2.75) is 0 Å². The van der Waals surface area contributed by atoms with Crippen LogP contribution in [0.3, 0.4) is 0 Å². The second-order valence-electron chi connectivity index (χ2n) is 3.34. The van der Waals surface area contributed by atoms with Crippen molar-refractivity contribution < 1.29 is 4.92 Å². The summed E-state index contributed by atoms with van der Waals surface area (Å²) in [5, 5.41) is 16.6. The Morgan fingerprint density at radius 2 is 2.28 bits per heavy atom. The monoisotopic (exact) mass is 325 g/mol. The standard InChI is InChI=1S/C11H8BrN3O2S/c12-8-4-11(18-7-8)6-13-14-9-2-1-3-10(5-9)15(16)17/h1-7,14H/b13-6-. The Labute approximate surface area is 115 Å². The molecule has 1 aromatic heterocycles. The van der Waals surface area contributed by atoms with Crippen LogP contribution in [-0.4, -0.2) is 11.1 Å². The minimum atomic E-state index is -0.439. The Balaban J connectivity index is 2.04. The number of halogens is 1. The largest absolute Gasteiger partial charge is 0.278 e. The molecule has 0 atom stereocenters. The molecule has 1 N–H and O–H groups in total. The molecule has 1 heterocycles. The molecule has 2 aromatic rings. The highest BCUT2D eigenvalue weighted by Gasteiger charge is 2.04. The molecule has 0 aliphatic heterocycles. The summed E-state index contributed by atoms with van der Waals surface area (Å²) in [6, 6.07) is 8.13. The van der Waals surface area contributed by atoms with Gasteiger partial charge in [-0.2, -0.15) is 5.10 Å². The Morgan fingerprint density at radius 1 is 1.44 bits per heavy atom. The number of non-ortho nitro benzene ring substituents is 1. The zero-order valence-electron chi connectivity index (χ0n) is 9.04. The minimum Gasteiger partial charge on any atom is -0.278 e. The van der Waals surface area contributed by atoms with E-state index in [4.69, 9.17) is 0 Å². The summed E-state index contributed by atoms with van der Waals surface area (Å²) in [5.74, 6) is 0. The molecule has 0 radical (unpaired) electrons. The summed E-state index contributed by atoms with van der Waals surface area (Å²) >= 11 is 4.90. The summed E-state index contributed by atoms with van der Waals surface area (Å²) in [7, 11) is 0. The van der Waals surface area contributed by atoms with Gasteiger partial charge >= 0.3 is 0 Å². The second-order valence-corrected chi connectivity index (χ2v) is 5.20. The van der Waals surface area contributed by atoms with Crippen LogP contribution in [0.4, 0.5) is 11.4 Å². The molecule has 2 rings (SSSR count). The van der Waals surface area contributed by atoms with E-state index in [1.807, 2.05) is 11.4 Å². The van der Waals surface area contributed by atoms with Crippen molar-refractivity contribution in [3.8, 4) is 0 Å². The molecular weight excluding hydrogens is 318 g/mol. The molecule has 0 saturated heterocycles. The lowest BCUT2D eigenvalue weighted by molar-refractivity contribution is -0.384. The third-order valence-corrected chi connectivity index (χ3v) is 3.66. The predicted molar refractivity (Wildman–Crippen MR) is 76.3 cm³/mol. The van der Waals surface area contributed by atoms with Gasteiger partial charge in [-0.15, -0.1) is 11.3 Å². The summed E-state index contributed by atoms with van der Waals surface area (Å²) in [4.78, 5) is 11.1. The van der Waals surface area contributed by atoms with Crippen molar-refractivity contribution in [1.82, 2.24) is 0 Å².